The molecule has 0 radical (unpaired) electrons. The van der Waals surface area contributed by atoms with Gasteiger partial charge in [0.05, 0.1) is 0 Å². The molecular formula is C17H12. The van der Waals surface area contributed by atoms with Gasteiger partial charge >= 0.3 is 0 Å². The van der Waals surface area contributed by atoms with Crippen LogP contribution in [-0.2, 0) is 0 Å². The zero-order chi connectivity index (χ0) is 12.3. The average Bonchev–Trinajstić information content (AvgIpc) is 2.39. The van der Waals surface area contributed by atoms with Crippen LogP contribution in [0.1, 0.15) is 16.7 Å². The molecule has 0 saturated carbocycles. The van der Waals surface area contributed by atoms with Gasteiger partial charge in [0.25, 0.3) is 0 Å². The summed E-state index contributed by atoms with van der Waals surface area (Å²) in [4.78, 5) is 0. The first kappa shape index (κ1) is 11.1. The van der Waals surface area contributed by atoms with E-state index in [9.17, 15) is 0 Å². The number of benzene rings is 2. The highest BCUT2D eigenvalue weighted by Gasteiger charge is 2.03. The van der Waals surface area contributed by atoms with E-state index in [0.717, 1.165) is 22.3 Å². The third kappa shape index (κ3) is 2.22. The van der Waals surface area contributed by atoms with E-state index in [2.05, 4.69) is 18.8 Å². The lowest BCUT2D eigenvalue weighted by Gasteiger charge is -2.07. The molecule has 0 N–H and O–H groups in total. The molecule has 17 heavy (non-hydrogen) atoms. The topological polar surface area (TPSA) is 0 Å². The highest BCUT2D eigenvalue weighted by Crippen LogP contribution is 2.25. The SMILES string of the molecule is C#Cc1cccc(-c2cc(C#C)ccc2C)c1. The average molecular weight is 216 g/mol. The van der Waals surface area contributed by atoms with Crippen molar-refractivity contribution < 1.29 is 0 Å². The molecule has 0 unspecified atom stereocenters. The third-order valence-electron chi connectivity index (χ3n) is 2.74. The first-order valence-corrected chi connectivity index (χ1v) is 5.39. The lowest BCUT2D eigenvalue weighted by molar-refractivity contribution is 1.44. The summed E-state index contributed by atoms with van der Waals surface area (Å²) in [5, 5.41) is 0. The summed E-state index contributed by atoms with van der Waals surface area (Å²) in [5.74, 6) is 5.30. The van der Waals surface area contributed by atoms with Crippen molar-refractivity contribution in [2.24, 2.45) is 0 Å². The maximum absolute atomic E-state index is 5.42. The van der Waals surface area contributed by atoms with Crippen LogP contribution in [0.15, 0.2) is 42.5 Å². The van der Waals surface area contributed by atoms with Crippen LogP contribution in [0, 0.1) is 31.6 Å². The van der Waals surface area contributed by atoms with Crippen molar-refractivity contribution in [3.63, 3.8) is 0 Å². The number of hydrogen-bond donors (Lipinski definition) is 0. The van der Waals surface area contributed by atoms with E-state index in [1.54, 1.807) is 0 Å². The molecule has 0 heteroatoms. The molecule has 2 rings (SSSR count). The smallest absolute Gasteiger partial charge is 0.0248 e. The Kier molecular flexibility index (Phi) is 2.99. The lowest BCUT2D eigenvalue weighted by atomic mass is 9.97. The lowest BCUT2D eigenvalue weighted by Crippen LogP contribution is -1.86. The van der Waals surface area contributed by atoms with Crippen LogP contribution in [-0.4, -0.2) is 0 Å². The molecule has 2 aromatic rings. The van der Waals surface area contributed by atoms with Gasteiger partial charge < -0.3 is 0 Å². The van der Waals surface area contributed by atoms with Gasteiger partial charge in [0.2, 0.25) is 0 Å². The van der Waals surface area contributed by atoms with Gasteiger partial charge in [-0.3, -0.25) is 0 Å². The Hall–Kier alpha value is -2.44. The normalized spacial score (nSPS) is 9.35. The van der Waals surface area contributed by atoms with Gasteiger partial charge in [-0.2, -0.15) is 0 Å². The molecule has 0 fully saturated rings. The monoisotopic (exact) mass is 216 g/mol. The highest BCUT2D eigenvalue weighted by atomic mass is 14.1. The first-order chi connectivity index (χ1) is 8.24. The third-order valence-corrected chi connectivity index (χ3v) is 2.74. The van der Waals surface area contributed by atoms with E-state index in [1.165, 1.54) is 5.56 Å². The van der Waals surface area contributed by atoms with Crippen molar-refractivity contribution in [2.75, 3.05) is 0 Å². The molecule has 0 bridgehead atoms. The van der Waals surface area contributed by atoms with Crippen LogP contribution in [0.2, 0.25) is 0 Å². The largest absolute Gasteiger partial charge is 0.115 e. The quantitative estimate of drug-likeness (QED) is 0.639. The maximum atomic E-state index is 5.42. The molecule has 0 nitrogen and oxygen atoms in total. The van der Waals surface area contributed by atoms with E-state index in [-0.39, 0.29) is 0 Å². The Labute approximate surface area is 102 Å². The van der Waals surface area contributed by atoms with Crippen molar-refractivity contribution in [3.05, 3.63) is 59.2 Å². The molecule has 0 amide bonds. The zero-order valence-corrected chi connectivity index (χ0v) is 9.70. The second-order valence-corrected chi connectivity index (χ2v) is 3.90. The summed E-state index contributed by atoms with van der Waals surface area (Å²) in [5.41, 5.74) is 5.20. The van der Waals surface area contributed by atoms with Crippen LogP contribution in [0.4, 0.5) is 0 Å². The summed E-state index contributed by atoms with van der Waals surface area (Å²) >= 11 is 0. The Balaban J connectivity index is 2.60. The summed E-state index contributed by atoms with van der Waals surface area (Å²) in [6.07, 6.45) is 10.8. The summed E-state index contributed by atoms with van der Waals surface area (Å²) in [7, 11) is 0. The van der Waals surface area contributed by atoms with Crippen LogP contribution < -0.4 is 0 Å². The number of aryl methyl sites for hydroxylation is 1. The Bertz CT molecular complexity index is 634. The van der Waals surface area contributed by atoms with Crippen molar-refractivity contribution in [1.29, 1.82) is 0 Å². The number of rotatable bonds is 1. The number of hydrogen-bond acceptors (Lipinski definition) is 0. The van der Waals surface area contributed by atoms with Crippen LogP contribution in [0.25, 0.3) is 11.1 Å². The standard InChI is InChI=1S/C17H12/c1-4-14-7-6-8-16(11-14)17-12-15(5-2)10-9-13(17)3/h1-2,6-12H,3H3. The molecule has 0 atom stereocenters. The molecule has 0 aliphatic rings. The van der Waals surface area contributed by atoms with Gasteiger partial charge in [0.15, 0.2) is 0 Å². The fraction of sp³-hybridized carbons (Fsp3) is 0.0588. The summed E-state index contributed by atoms with van der Waals surface area (Å²) < 4.78 is 0. The molecule has 0 aliphatic carbocycles. The van der Waals surface area contributed by atoms with Crippen LogP contribution in [0.3, 0.4) is 0 Å². The molecular weight excluding hydrogens is 204 g/mol. The van der Waals surface area contributed by atoms with Crippen molar-refractivity contribution in [3.8, 4) is 35.8 Å². The molecule has 80 valence electrons. The second-order valence-electron chi connectivity index (χ2n) is 3.90. The van der Waals surface area contributed by atoms with Crippen molar-refractivity contribution >= 4 is 0 Å². The first-order valence-electron chi connectivity index (χ1n) is 5.39. The minimum Gasteiger partial charge on any atom is -0.115 e. The van der Waals surface area contributed by atoms with Gasteiger partial charge in [-0.15, -0.1) is 12.8 Å². The molecule has 0 spiro atoms. The van der Waals surface area contributed by atoms with Gasteiger partial charge in [-0.05, 0) is 47.9 Å². The van der Waals surface area contributed by atoms with E-state index >= 15 is 0 Å². The minimum absolute atomic E-state index is 0.882. The van der Waals surface area contributed by atoms with Gasteiger partial charge in [0, 0.05) is 11.1 Å². The molecule has 0 aromatic heterocycles. The van der Waals surface area contributed by atoms with Crippen molar-refractivity contribution in [2.45, 2.75) is 6.92 Å². The van der Waals surface area contributed by atoms with Crippen LogP contribution in [0.5, 0.6) is 0 Å². The van der Waals surface area contributed by atoms with Crippen LogP contribution >= 0.6 is 0 Å². The minimum atomic E-state index is 0.882. The zero-order valence-electron chi connectivity index (χ0n) is 9.70. The Morgan fingerprint density at radius 3 is 2.29 bits per heavy atom. The van der Waals surface area contributed by atoms with E-state index < -0.39 is 0 Å². The van der Waals surface area contributed by atoms with E-state index in [0.29, 0.717) is 0 Å². The maximum Gasteiger partial charge on any atom is 0.0248 e. The fourth-order valence-corrected chi connectivity index (χ4v) is 1.80. The highest BCUT2D eigenvalue weighted by molar-refractivity contribution is 5.70. The molecule has 2 aromatic carbocycles. The predicted molar refractivity (Wildman–Crippen MR) is 72.5 cm³/mol. The number of terminal acetylenes is 2. The van der Waals surface area contributed by atoms with Crippen molar-refractivity contribution in [1.82, 2.24) is 0 Å². The summed E-state index contributed by atoms with van der Waals surface area (Å²) in [6.45, 7) is 2.07. The Morgan fingerprint density at radius 2 is 1.59 bits per heavy atom. The predicted octanol–water partition coefficient (Wildman–Crippen LogP) is 3.62. The van der Waals surface area contributed by atoms with Gasteiger partial charge in [-0.25, -0.2) is 0 Å². The van der Waals surface area contributed by atoms with E-state index in [4.69, 9.17) is 12.8 Å². The summed E-state index contributed by atoms with van der Waals surface area (Å²) in [6, 6.07) is 13.9. The van der Waals surface area contributed by atoms with Gasteiger partial charge in [0.1, 0.15) is 0 Å². The molecule has 0 saturated heterocycles. The fourth-order valence-electron chi connectivity index (χ4n) is 1.80. The Morgan fingerprint density at radius 1 is 0.882 bits per heavy atom. The molecule has 0 heterocycles. The van der Waals surface area contributed by atoms with E-state index in [1.807, 2.05) is 42.5 Å². The van der Waals surface area contributed by atoms with Gasteiger partial charge in [-0.1, -0.05) is 30.0 Å². The second kappa shape index (κ2) is 4.60. The molecule has 0 aliphatic heterocycles.